The number of amides is 1. The Balaban J connectivity index is 2.07. The Hall–Kier alpha value is -0.220. The first kappa shape index (κ1) is 12.8. The van der Waals surface area contributed by atoms with Crippen LogP contribution in [-0.4, -0.2) is 48.5 Å². The summed E-state index contributed by atoms with van der Waals surface area (Å²) in [7, 11) is 0. The molecule has 0 aromatic rings. The van der Waals surface area contributed by atoms with Crippen molar-refractivity contribution in [3.8, 4) is 0 Å². The van der Waals surface area contributed by atoms with E-state index in [1.165, 1.54) is 12.2 Å². The molecule has 0 aromatic heterocycles. The minimum atomic E-state index is 0.218. The first-order valence-corrected chi connectivity index (χ1v) is 7.11. The van der Waals surface area contributed by atoms with E-state index < -0.39 is 0 Å². The number of carbonyl (C=O) groups excluding carboxylic acids is 1. The Labute approximate surface area is 97.0 Å². The van der Waals surface area contributed by atoms with Gasteiger partial charge in [0.15, 0.2) is 0 Å². The van der Waals surface area contributed by atoms with E-state index in [2.05, 4.69) is 11.6 Å². The molecule has 1 aliphatic heterocycles. The monoisotopic (exact) mass is 230 g/mol. The number of carbonyl (C=O) groups is 1. The number of thioether (sulfide) groups is 1. The molecule has 0 atom stereocenters. The van der Waals surface area contributed by atoms with Crippen molar-refractivity contribution in [1.82, 2.24) is 10.2 Å². The summed E-state index contributed by atoms with van der Waals surface area (Å²) in [6.45, 7) is 4.63. The van der Waals surface area contributed by atoms with E-state index in [1.807, 2.05) is 16.7 Å². The minimum Gasteiger partial charge on any atom is -0.343 e. The van der Waals surface area contributed by atoms with Crippen LogP contribution in [0.4, 0.5) is 0 Å². The molecule has 1 rings (SSSR count). The quantitative estimate of drug-likeness (QED) is 0.723. The SMILES string of the molecule is CSCCCNC1CCN(C(C)=O)CC1. The highest BCUT2D eigenvalue weighted by Crippen LogP contribution is 2.10. The van der Waals surface area contributed by atoms with E-state index in [9.17, 15) is 4.79 Å². The van der Waals surface area contributed by atoms with Crippen molar-refractivity contribution in [2.45, 2.75) is 32.2 Å². The van der Waals surface area contributed by atoms with Crippen LogP contribution < -0.4 is 5.32 Å². The molecule has 4 heteroatoms. The number of nitrogens with zero attached hydrogens (tertiary/aromatic N) is 1. The van der Waals surface area contributed by atoms with Crippen LogP contribution in [-0.2, 0) is 4.79 Å². The summed E-state index contributed by atoms with van der Waals surface area (Å²) in [5, 5.41) is 3.56. The summed E-state index contributed by atoms with van der Waals surface area (Å²) >= 11 is 1.90. The summed E-state index contributed by atoms with van der Waals surface area (Å²) in [6.07, 6.45) is 5.61. The molecule has 0 aromatic carbocycles. The first-order valence-electron chi connectivity index (χ1n) is 5.72. The van der Waals surface area contributed by atoms with Crippen LogP contribution in [0, 0.1) is 0 Å². The van der Waals surface area contributed by atoms with E-state index in [-0.39, 0.29) is 5.91 Å². The third-order valence-corrected chi connectivity index (χ3v) is 3.60. The molecule has 1 amide bonds. The van der Waals surface area contributed by atoms with Crippen LogP contribution in [0.5, 0.6) is 0 Å². The third kappa shape index (κ3) is 4.89. The number of likely N-dealkylation sites (tertiary alicyclic amines) is 1. The molecule has 0 aliphatic carbocycles. The normalized spacial score (nSPS) is 18.1. The Morgan fingerprint density at radius 1 is 1.47 bits per heavy atom. The van der Waals surface area contributed by atoms with E-state index >= 15 is 0 Å². The highest BCUT2D eigenvalue weighted by atomic mass is 32.2. The van der Waals surface area contributed by atoms with Crippen LogP contribution in [0.2, 0.25) is 0 Å². The molecular weight excluding hydrogens is 208 g/mol. The van der Waals surface area contributed by atoms with Crippen molar-refractivity contribution in [3.63, 3.8) is 0 Å². The predicted octanol–water partition coefficient (Wildman–Crippen LogP) is 1.34. The molecule has 0 spiro atoms. The number of rotatable bonds is 5. The lowest BCUT2D eigenvalue weighted by atomic mass is 10.1. The van der Waals surface area contributed by atoms with Crippen molar-refractivity contribution in [1.29, 1.82) is 0 Å². The molecule has 1 aliphatic rings. The lowest BCUT2D eigenvalue weighted by molar-refractivity contribution is -0.129. The van der Waals surface area contributed by atoms with E-state index in [0.717, 1.165) is 32.5 Å². The van der Waals surface area contributed by atoms with Crippen LogP contribution >= 0.6 is 11.8 Å². The molecule has 0 bridgehead atoms. The summed E-state index contributed by atoms with van der Waals surface area (Å²) in [6, 6.07) is 0.627. The molecule has 1 N–H and O–H groups in total. The average Bonchev–Trinajstić information content (AvgIpc) is 2.25. The van der Waals surface area contributed by atoms with Gasteiger partial charge in [-0.1, -0.05) is 0 Å². The number of nitrogens with one attached hydrogen (secondary N) is 1. The standard InChI is InChI=1S/C11H22N2OS/c1-10(14)13-7-4-11(5-8-13)12-6-3-9-15-2/h11-12H,3-9H2,1-2H3. The maximum atomic E-state index is 11.1. The fraction of sp³-hybridized carbons (Fsp3) is 0.909. The smallest absolute Gasteiger partial charge is 0.219 e. The fourth-order valence-electron chi connectivity index (χ4n) is 1.92. The molecule has 0 radical (unpaired) electrons. The van der Waals surface area contributed by atoms with Gasteiger partial charge in [0, 0.05) is 26.1 Å². The second-order valence-corrected chi connectivity index (χ2v) is 5.07. The molecule has 1 saturated heterocycles. The maximum Gasteiger partial charge on any atom is 0.219 e. The van der Waals surface area contributed by atoms with E-state index in [0.29, 0.717) is 6.04 Å². The van der Waals surface area contributed by atoms with Gasteiger partial charge >= 0.3 is 0 Å². The average molecular weight is 230 g/mol. The number of hydrogen-bond acceptors (Lipinski definition) is 3. The topological polar surface area (TPSA) is 32.3 Å². The zero-order valence-corrected chi connectivity index (χ0v) is 10.6. The Morgan fingerprint density at radius 3 is 2.67 bits per heavy atom. The summed E-state index contributed by atoms with van der Waals surface area (Å²) in [5.74, 6) is 1.45. The molecule has 3 nitrogen and oxygen atoms in total. The van der Waals surface area contributed by atoms with Gasteiger partial charge in [-0.3, -0.25) is 4.79 Å². The van der Waals surface area contributed by atoms with Crippen molar-refractivity contribution in [3.05, 3.63) is 0 Å². The van der Waals surface area contributed by atoms with Gasteiger partial charge in [-0.05, 0) is 37.8 Å². The Morgan fingerprint density at radius 2 is 2.13 bits per heavy atom. The molecule has 0 saturated carbocycles. The minimum absolute atomic E-state index is 0.218. The molecule has 15 heavy (non-hydrogen) atoms. The number of hydrogen-bond donors (Lipinski definition) is 1. The first-order chi connectivity index (χ1) is 7.24. The molecule has 88 valence electrons. The van der Waals surface area contributed by atoms with Gasteiger partial charge < -0.3 is 10.2 Å². The van der Waals surface area contributed by atoms with Crippen LogP contribution in [0.1, 0.15) is 26.2 Å². The maximum absolute atomic E-state index is 11.1. The molecular formula is C11H22N2OS. The van der Waals surface area contributed by atoms with Gasteiger partial charge in [0.2, 0.25) is 5.91 Å². The number of piperidine rings is 1. The van der Waals surface area contributed by atoms with Crippen molar-refractivity contribution < 1.29 is 4.79 Å². The van der Waals surface area contributed by atoms with Crippen molar-refractivity contribution >= 4 is 17.7 Å². The largest absolute Gasteiger partial charge is 0.343 e. The lowest BCUT2D eigenvalue weighted by Gasteiger charge is -2.31. The van der Waals surface area contributed by atoms with Crippen LogP contribution in [0.15, 0.2) is 0 Å². The Bertz CT molecular complexity index is 191. The van der Waals surface area contributed by atoms with Gasteiger partial charge in [-0.25, -0.2) is 0 Å². The zero-order valence-electron chi connectivity index (χ0n) is 9.79. The zero-order chi connectivity index (χ0) is 11.1. The van der Waals surface area contributed by atoms with Gasteiger partial charge in [0.1, 0.15) is 0 Å². The van der Waals surface area contributed by atoms with Gasteiger partial charge in [-0.2, -0.15) is 11.8 Å². The summed E-state index contributed by atoms with van der Waals surface area (Å²) < 4.78 is 0. The molecule has 1 fully saturated rings. The fourth-order valence-corrected chi connectivity index (χ4v) is 2.35. The molecule has 0 unspecified atom stereocenters. The predicted molar refractivity (Wildman–Crippen MR) is 66.3 cm³/mol. The Kier molecular flexibility index (Phi) is 6.10. The highest BCUT2D eigenvalue weighted by Gasteiger charge is 2.19. The molecule has 1 heterocycles. The van der Waals surface area contributed by atoms with Crippen LogP contribution in [0.3, 0.4) is 0 Å². The summed E-state index contributed by atoms with van der Waals surface area (Å²) in [5.41, 5.74) is 0. The van der Waals surface area contributed by atoms with Crippen molar-refractivity contribution in [2.75, 3.05) is 31.6 Å². The van der Waals surface area contributed by atoms with Crippen molar-refractivity contribution in [2.24, 2.45) is 0 Å². The van der Waals surface area contributed by atoms with E-state index in [4.69, 9.17) is 0 Å². The van der Waals surface area contributed by atoms with E-state index in [1.54, 1.807) is 6.92 Å². The lowest BCUT2D eigenvalue weighted by Crippen LogP contribution is -2.44. The summed E-state index contributed by atoms with van der Waals surface area (Å²) in [4.78, 5) is 13.1. The van der Waals surface area contributed by atoms with Gasteiger partial charge in [-0.15, -0.1) is 0 Å². The second-order valence-electron chi connectivity index (χ2n) is 4.08. The highest BCUT2D eigenvalue weighted by molar-refractivity contribution is 7.98. The van der Waals surface area contributed by atoms with Gasteiger partial charge in [0.05, 0.1) is 0 Å². The second kappa shape index (κ2) is 7.12. The van der Waals surface area contributed by atoms with Crippen LogP contribution in [0.25, 0.3) is 0 Å². The third-order valence-electron chi connectivity index (χ3n) is 2.90. The van der Waals surface area contributed by atoms with Gasteiger partial charge in [0.25, 0.3) is 0 Å².